The van der Waals surface area contributed by atoms with Gasteiger partial charge in [-0.2, -0.15) is 5.10 Å². The fourth-order valence-corrected chi connectivity index (χ4v) is 4.17. The average molecular weight is 403 g/mol. The van der Waals surface area contributed by atoms with Crippen LogP contribution in [0.1, 0.15) is 44.8 Å². The van der Waals surface area contributed by atoms with Crippen LogP contribution in [0.5, 0.6) is 0 Å². The smallest absolute Gasteiger partial charge is 0.170 e. The van der Waals surface area contributed by atoms with Crippen LogP contribution in [0.2, 0.25) is 0 Å². The Bertz CT molecular complexity index is 1140. The molecule has 154 valence electrons. The molecule has 1 atom stereocenters. The number of anilines is 1. The van der Waals surface area contributed by atoms with Crippen molar-refractivity contribution in [3.63, 3.8) is 0 Å². The van der Waals surface area contributed by atoms with Crippen LogP contribution in [0.25, 0.3) is 33.4 Å². The van der Waals surface area contributed by atoms with Crippen molar-refractivity contribution in [2.75, 3.05) is 11.9 Å². The number of benzene rings is 1. The lowest BCUT2D eigenvalue weighted by Crippen LogP contribution is -2.26. The predicted molar refractivity (Wildman–Crippen MR) is 118 cm³/mol. The maximum atomic E-state index is 5.79. The number of hydrogen-bond acceptors (Lipinski definition) is 6. The number of pyridine rings is 1. The Morgan fingerprint density at radius 2 is 2.10 bits per heavy atom. The minimum atomic E-state index is 0.259. The Morgan fingerprint density at radius 3 is 2.87 bits per heavy atom. The molecule has 0 saturated carbocycles. The fraction of sp³-hybridized carbons (Fsp3) is 0.348. The van der Waals surface area contributed by atoms with E-state index < -0.39 is 0 Å². The van der Waals surface area contributed by atoms with E-state index in [2.05, 4.69) is 64.1 Å². The van der Waals surface area contributed by atoms with E-state index in [-0.39, 0.29) is 12.1 Å². The van der Waals surface area contributed by atoms with E-state index in [1.54, 1.807) is 0 Å². The third kappa shape index (κ3) is 3.45. The van der Waals surface area contributed by atoms with Crippen molar-refractivity contribution in [3.8, 4) is 22.5 Å². The molecule has 0 amide bonds. The number of aromatic amines is 1. The minimum Gasteiger partial charge on any atom is -0.382 e. The first kappa shape index (κ1) is 18.8. The molecule has 4 heterocycles. The Morgan fingerprint density at radius 1 is 1.17 bits per heavy atom. The summed E-state index contributed by atoms with van der Waals surface area (Å²) < 4.78 is 5.79. The number of nitrogens with zero attached hydrogens (tertiary/aromatic N) is 3. The van der Waals surface area contributed by atoms with Gasteiger partial charge in [-0.15, -0.1) is 0 Å². The zero-order chi connectivity index (χ0) is 20.5. The molecule has 0 spiro atoms. The molecule has 1 aliphatic rings. The zero-order valence-corrected chi connectivity index (χ0v) is 17.3. The summed E-state index contributed by atoms with van der Waals surface area (Å²) in [6, 6.07) is 8.80. The van der Waals surface area contributed by atoms with Crippen LogP contribution < -0.4 is 10.6 Å². The first-order valence-corrected chi connectivity index (χ1v) is 10.6. The van der Waals surface area contributed by atoms with Crippen LogP contribution in [0.4, 0.5) is 5.69 Å². The molecule has 0 radical (unpaired) electrons. The van der Waals surface area contributed by atoms with Crippen molar-refractivity contribution in [2.24, 2.45) is 0 Å². The first-order chi connectivity index (χ1) is 14.7. The molecule has 1 aromatic carbocycles. The summed E-state index contributed by atoms with van der Waals surface area (Å²) in [7, 11) is 0. The lowest BCUT2D eigenvalue weighted by molar-refractivity contribution is 0.368. The molecule has 7 heteroatoms. The van der Waals surface area contributed by atoms with Crippen molar-refractivity contribution in [1.29, 1.82) is 0 Å². The van der Waals surface area contributed by atoms with Crippen LogP contribution in [0.3, 0.4) is 0 Å². The van der Waals surface area contributed by atoms with Crippen LogP contribution in [-0.2, 0) is 0 Å². The van der Waals surface area contributed by atoms with Crippen molar-refractivity contribution in [1.82, 2.24) is 25.7 Å². The zero-order valence-electron chi connectivity index (χ0n) is 17.3. The molecule has 0 aliphatic carbocycles. The van der Waals surface area contributed by atoms with E-state index in [0.717, 1.165) is 57.7 Å². The van der Waals surface area contributed by atoms with Crippen molar-refractivity contribution in [2.45, 2.75) is 45.2 Å². The van der Waals surface area contributed by atoms with Gasteiger partial charge < -0.3 is 15.2 Å². The summed E-state index contributed by atoms with van der Waals surface area (Å²) in [5.41, 5.74) is 5.90. The van der Waals surface area contributed by atoms with Crippen molar-refractivity contribution < 1.29 is 4.52 Å². The molecule has 0 bridgehead atoms. The molecule has 4 aromatic rings. The van der Waals surface area contributed by atoms with E-state index in [9.17, 15) is 0 Å². The molecule has 3 N–H and O–H groups in total. The number of para-hydroxylation sites is 1. The van der Waals surface area contributed by atoms with Crippen LogP contribution in [0, 0.1) is 0 Å². The SMILES string of the molecule is CC(C)Nc1c(-c2cc(C3CCCCN3)no2)cnc2c(-c3cn[nH]c3)cccc12. The molecule has 30 heavy (non-hydrogen) atoms. The third-order valence-electron chi connectivity index (χ3n) is 5.60. The highest BCUT2D eigenvalue weighted by atomic mass is 16.5. The minimum absolute atomic E-state index is 0.259. The molecule has 5 rings (SSSR count). The van der Waals surface area contributed by atoms with Gasteiger partial charge >= 0.3 is 0 Å². The van der Waals surface area contributed by atoms with Gasteiger partial charge in [0.25, 0.3) is 0 Å². The Hall–Kier alpha value is -3.19. The van der Waals surface area contributed by atoms with E-state index in [0.29, 0.717) is 0 Å². The van der Waals surface area contributed by atoms with Gasteiger partial charge in [0.1, 0.15) is 5.69 Å². The maximum absolute atomic E-state index is 5.79. The topological polar surface area (TPSA) is 91.7 Å². The lowest BCUT2D eigenvalue weighted by Gasteiger charge is -2.20. The molecule has 3 aromatic heterocycles. The highest BCUT2D eigenvalue weighted by molar-refractivity contribution is 6.04. The van der Waals surface area contributed by atoms with Gasteiger partial charge in [-0.05, 0) is 33.2 Å². The van der Waals surface area contributed by atoms with Gasteiger partial charge in [0.05, 0.1) is 29.0 Å². The summed E-state index contributed by atoms with van der Waals surface area (Å²) in [4.78, 5) is 4.82. The highest BCUT2D eigenvalue weighted by Gasteiger charge is 2.22. The molecule has 1 fully saturated rings. The predicted octanol–water partition coefficient (Wildman–Crippen LogP) is 4.91. The molecule has 1 unspecified atom stereocenters. The number of H-pyrrole nitrogens is 1. The maximum Gasteiger partial charge on any atom is 0.170 e. The van der Waals surface area contributed by atoms with E-state index in [1.165, 1.54) is 12.8 Å². The quantitative estimate of drug-likeness (QED) is 0.439. The largest absolute Gasteiger partial charge is 0.382 e. The van der Waals surface area contributed by atoms with Gasteiger partial charge in [0.2, 0.25) is 0 Å². The molecular weight excluding hydrogens is 376 g/mol. The van der Waals surface area contributed by atoms with Gasteiger partial charge in [0, 0.05) is 41.0 Å². The Labute approximate surface area is 175 Å². The number of rotatable bonds is 5. The van der Waals surface area contributed by atoms with Gasteiger partial charge in [-0.3, -0.25) is 10.1 Å². The van der Waals surface area contributed by atoms with Crippen LogP contribution in [0.15, 0.2) is 47.4 Å². The Balaban J connectivity index is 1.62. The van der Waals surface area contributed by atoms with Crippen molar-refractivity contribution >= 4 is 16.6 Å². The number of nitrogens with one attached hydrogen (secondary N) is 3. The monoisotopic (exact) mass is 402 g/mol. The van der Waals surface area contributed by atoms with Crippen LogP contribution in [-0.4, -0.2) is 32.9 Å². The van der Waals surface area contributed by atoms with Crippen molar-refractivity contribution in [3.05, 3.63) is 48.5 Å². The average Bonchev–Trinajstić information content (AvgIpc) is 3.46. The van der Waals surface area contributed by atoms with Gasteiger partial charge in [0.15, 0.2) is 5.76 Å². The number of hydrogen-bond donors (Lipinski definition) is 3. The second kappa shape index (κ2) is 7.91. The summed E-state index contributed by atoms with van der Waals surface area (Å²) in [5.74, 6) is 0.739. The summed E-state index contributed by atoms with van der Waals surface area (Å²) >= 11 is 0. The van der Waals surface area contributed by atoms with E-state index in [4.69, 9.17) is 9.51 Å². The van der Waals surface area contributed by atoms with Gasteiger partial charge in [-0.1, -0.05) is 29.8 Å². The normalized spacial score (nSPS) is 17.0. The molecule has 7 nitrogen and oxygen atoms in total. The fourth-order valence-electron chi connectivity index (χ4n) is 4.17. The number of piperidine rings is 1. The first-order valence-electron chi connectivity index (χ1n) is 10.6. The van der Waals surface area contributed by atoms with E-state index in [1.807, 2.05) is 18.6 Å². The highest BCUT2D eigenvalue weighted by Crippen LogP contribution is 2.38. The number of fused-ring (bicyclic) bond motifs is 1. The molecule has 1 aliphatic heterocycles. The second-order valence-electron chi connectivity index (χ2n) is 8.15. The molecule has 1 saturated heterocycles. The Kier molecular flexibility index (Phi) is 4.96. The van der Waals surface area contributed by atoms with Crippen LogP contribution >= 0.6 is 0 Å². The summed E-state index contributed by atoms with van der Waals surface area (Å²) in [6.07, 6.45) is 9.12. The van der Waals surface area contributed by atoms with E-state index >= 15 is 0 Å². The second-order valence-corrected chi connectivity index (χ2v) is 8.15. The summed E-state index contributed by atoms with van der Waals surface area (Å²) in [6.45, 7) is 5.29. The lowest BCUT2D eigenvalue weighted by atomic mass is 9.99. The third-order valence-corrected chi connectivity index (χ3v) is 5.60. The van der Waals surface area contributed by atoms with Gasteiger partial charge in [-0.25, -0.2) is 0 Å². The molecular formula is C23H26N6O. The summed E-state index contributed by atoms with van der Waals surface area (Å²) in [5, 5.41) is 19.5. The number of aromatic nitrogens is 4. The standard InChI is InChI=1S/C23H26N6O/c1-14(2)28-23-17-7-5-6-16(15-11-26-27-12-15)22(17)25-13-18(23)21-10-20(29-30-21)19-8-3-4-9-24-19/h5-7,10-14,19,24H,3-4,8-9H2,1-2H3,(H,25,28)(H,26,27).